The molecule has 1 aliphatic heterocycles. The molecule has 20 heavy (non-hydrogen) atoms. The van der Waals surface area contributed by atoms with Crippen LogP contribution in [-0.2, 0) is 17.8 Å². The lowest BCUT2D eigenvalue weighted by molar-refractivity contribution is -0.115. The van der Waals surface area contributed by atoms with Crippen LogP contribution in [0.4, 0.5) is 11.4 Å². The summed E-state index contributed by atoms with van der Waals surface area (Å²) in [6, 6.07) is 11.8. The van der Waals surface area contributed by atoms with Crippen LogP contribution in [0.15, 0.2) is 40.9 Å². The van der Waals surface area contributed by atoms with Gasteiger partial charge >= 0.3 is 0 Å². The molecule has 0 unspecified atom stereocenters. The second kappa shape index (κ2) is 5.46. The van der Waals surface area contributed by atoms with Crippen LogP contribution in [-0.4, -0.2) is 5.91 Å². The number of anilines is 2. The Hall–Kier alpha value is -1.52. The smallest absolute Gasteiger partial charge is 0.228 e. The Morgan fingerprint density at radius 3 is 2.75 bits per heavy atom. The zero-order chi connectivity index (χ0) is 14.1. The summed E-state index contributed by atoms with van der Waals surface area (Å²) >= 11 is 9.64. The Morgan fingerprint density at radius 2 is 2.00 bits per heavy atom. The summed E-state index contributed by atoms with van der Waals surface area (Å²) in [7, 11) is 0. The third-order valence-electron chi connectivity index (χ3n) is 3.21. The summed E-state index contributed by atoms with van der Waals surface area (Å²) < 4.78 is 1.06. The van der Waals surface area contributed by atoms with Crippen LogP contribution in [0.3, 0.4) is 0 Å². The first-order chi connectivity index (χ1) is 9.61. The largest absolute Gasteiger partial charge is 0.380 e. The van der Waals surface area contributed by atoms with E-state index < -0.39 is 0 Å². The SMILES string of the molecule is O=C1Cc2cc(NCc3ccc(Br)cc3)c(Cl)cc2N1. The van der Waals surface area contributed by atoms with Crippen molar-refractivity contribution >= 4 is 44.8 Å². The van der Waals surface area contributed by atoms with Crippen LogP contribution in [0.1, 0.15) is 11.1 Å². The molecule has 2 N–H and O–H groups in total. The van der Waals surface area contributed by atoms with Crippen LogP contribution >= 0.6 is 27.5 Å². The van der Waals surface area contributed by atoms with Gasteiger partial charge in [-0.25, -0.2) is 0 Å². The van der Waals surface area contributed by atoms with Crippen LogP contribution in [0.2, 0.25) is 5.02 Å². The molecule has 3 rings (SSSR count). The predicted molar refractivity (Wildman–Crippen MR) is 85.3 cm³/mol. The Kier molecular flexibility index (Phi) is 3.68. The van der Waals surface area contributed by atoms with E-state index in [0.717, 1.165) is 21.4 Å². The molecule has 0 atom stereocenters. The maximum atomic E-state index is 11.4. The summed E-state index contributed by atoms with van der Waals surface area (Å²) in [4.78, 5) is 11.4. The van der Waals surface area contributed by atoms with Crippen molar-refractivity contribution in [3.05, 3.63) is 57.0 Å². The highest BCUT2D eigenvalue weighted by Crippen LogP contribution is 2.33. The third-order valence-corrected chi connectivity index (χ3v) is 4.06. The van der Waals surface area contributed by atoms with Crippen LogP contribution in [0, 0.1) is 0 Å². The lowest BCUT2D eigenvalue weighted by atomic mass is 10.1. The van der Waals surface area contributed by atoms with E-state index in [1.807, 2.05) is 30.3 Å². The standard InChI is InChI=1S/C15H12BrClN2O/c16-11-3-1-9(2-4-11)8-18-14-5-10-6-15(20)19-13(10)7-12(14)17/h1-5,7,18H,6,8H2,(H,19,20). The molecule has 0 spiro atoms. The second-order valence-electron chi connectivity index (χ2n) is 4.69. The fourth-order valence-corrected chi connectivity index (χ4v) is 2.68. The van der Waals surface area contributed by atoms with Crippen molar-refractivity contribution in [2.24, 2.45) is 0 Å². The van der Waals surface area contributed by atoms with E-state index in [2.05, 4.69) is 26.6 Å². The molecule has 0 saturated heterocycles. The van der Waals surface area contributed by atoms with Crippen molar-refractivity contribution in [2.75, 3.05) is 10.6 Å². The highest BCUT2D eigenvalue weighted by molar-refractivity contribution is 9.10. The summed E-state index contributed by atoms with van der Waals surface area (Å²) in [6.45, 7) is 0.688. The van der Waals surface area contributed by atoms with Gasteiger partial charge in [-0.1, -0.05) is 39.7 Å². The van der Waals surface area contributed by atoms with E-state index in [0.29, 0.717) is 18.0 Å². The van der Waals surface area contributed by atoms with Gasteiger partial charge in [-0.05, 0) is 35.4 Å². The quantitative estimate of drug-likeness (QED) is 0.870. The first-order valence-electron chi connectivity index (χ1n) is 6.22. The minimum atomic E-state index is 0.0149. The Labute approximate surface area is 130 Å². The molecule has 0 fully saturated rings. The number of carbonyl (C=O) groups is 1. The van der Waals surface area contributed by atoms with Crippen LogP contribution < -0.4 is 10.6 Å². The predicted octanol–water partition coefficient (Wildman–Crippen LogP) is 4.21. The van der Waals surface area contributed by atoms with Gasteiger partial charge < -0.3 is 10.6 Å². The zero-order valence-electron chi connectivity index (χ0n) is 10.5. The number of nitrogens with one attached hydrogen (secondary N) is 2. The van der Waals surface area contributed by atoms with Crippen molar-refractivity contribution in [2.45, 2.75) is 13.0 Å². The molecule has 102 valence electrons. The summed E-state index contributed by atoms with van der Waals surface area (Å²) in [5, 5.41) is 6.71. The van der Waals surface area contributed by atoms with Crippen molar-refractivity contribution in [1.82, 2.24) is 0 Å². The lowest BCUT2D eigenvalue weighted by Gasteiger charge is -2.10. The lowest BCUT2D eigenvalue weighted by Crippen LogP contribution is -2.03. The van der Waals surface area contributed by atoms with E-state index in [4.69, 9.17) is 11.6 Å². The zero-order valence-corrected chi connectivity index (χ0v) is 12.9. The first kappa shape index (κ1) is 13.5. The number of amides is 1. The first-order valence-corrected chi connectivity index (χ1v) is 7.39. The molecule has 0 bridgehead atoms. The molecular formula is C15H12BrClN2O. The molecule has 0 aliphatic carbocycles. The molecule has 0 radical (unpaired) electrons. The molecular weight excluding hydrogens is 340 g/mol. The number of benzene rings is 2. The van der Waals surface area contributed by atoms with E-state index >= 15 is 0 Å². The number of fused-ring (bicyclic) bond motifs is 1. The minimum Gasteiger partial charge on any atom is -0.380 e. The molecule has 1 heterocycles. The van der Waals surface area contributed by atoms with Gasteiger partial charge in [0.25, 0.3) is 0 Å². The Morgan fingerprint density at radius 1 is 1.25 bits per heavy atom. The molecule has 1 amide bonds. The molecule has 5 heteroatoms. The van der Waals surface area contributed by atoms with Crippen LogP contribution in [0.25, 0.3) is 0 Å². The second-order valence-corrected chi connectivity index (χ2v) is 6.02. The highest BCUT2D eigenvalue weighted by atomic mass is 79.9. The van der Waals surface area contributed by atoms with Gasteiger partial charge in [0.05, 0.1) is 17.1 Å². The molecule has 1 aliphatic rings. The molecule has 2 aromatic carbocycles. The fraction of sp³-hybridized carbons (Fsp3) is 0.133. The topological polar surface area (TPSA) is 41.1 Å². The van der Waals surface area contributed by atoms with E-state index in [1.54, 1.807) is 6.07 Å². The monoisotopic (exact) mass is 350 g/mol. The summed E-state index contributed by atoms with van der Waals surface area (Å²) in [5.41, 5.74) is 3.82. The normalized spacial score (nSPS) is 13.0. The van der Waals surface area contributed by atoms with Gasteiger partial charge in [0, 0.05) is 16.7 Å². The number of carbonyl (C=O) groups excluding carboxylic acids is 1. The maximum Gasteiger partial charge on any atom is 0.228 e. The molecule has 2 aromatic rings. The average Bonchev–Trinajstić information content (AvgIpc) is 2.77. The molecule has 0 aromatic heterocycles. The van der Waals surface area contributed by atoms with Gasteiger partial charge in [-0.3, -0.25) is 4.79 Å². The Bertz CT molecular complexity index is 670. The van der Waals surface area contributed by atoms with Crippen molar-refractivity contribution in [3.63, 3.8) is 0 Å². The van der Waals surface area contributed by atoms with Gasteiger partial charge in [0.1, 0.15) is 0 Å². The highest BCUT2D eigenvalue weighted by Gasteiger charge is 2.19. The molecule has 0 saturated carbocycles. The fourth-order valence-electron chi connectivity index (χ4n) is 2.18. The van der Waals surface area contributed by atoms with E-state index in [-0.39, 0.29) is 5.91 Å². The Balaban J connectivity index is 1.76. The van der Waals surface area contributed by atoms with Gasteiger partial charge in [-0.15, -0.1) is 0 Å². The van der Waals surface area contributed by atoms with Crippen molar-refractivity contribution < 1.29 is 4.79 Å². The van der Waals surface area contributed by atoms with Crippen molar-refractivity contribution in [1.29, 1.82) is 0 Å². The number of hydrogen-bond acceptors (Lipinski definition) is 2. The average molecular weight is 352 g/mol. The minimum absolute atomic E-state index is 0.0149. The van der Waals surface area contributed by atoms with Crippen molar-refractivity contribution in [3.8, 4) is 0 Å². The molecule has 3 nitrogen and oxygen atoms in total. The maximum absolute atomic E-state index is 11.4. The van der Waals surface area contributed by atoms with E-state index in [9.17, 15) is 4.79 Å². The third kappa shape index (κ3) is 2.81. The summed E-state index contributed by atoms with van der Waals surface area (Å²) in [6.07, 6.45) is 0.416. The number of rotatable bonds is 3. The number of hydrogen-bond donors (Lipinski definition) is 2. The van der Waals surface area contributed by atoms with Gasteiger partial charge in [0.15, 0.2) is 0 Å². The van der Waals surface area contributed by atoms with E-state index in [1.165, 1.54) is 5.56 Å². The summed E-state index contributed by atoms with van der Waals surface area (Å²) in [5.74, 6) is 0.0149. The number of halogens is 2. The van der Waals surface area contributed by atoms with Gasteiger partial charge in [0.2, 0.25) is 5.91 Å². The van der Waals surface area contributed by atoms with Crippen LogP contribution in [0.5, 0.6) is 0 Å². The van der Waals surface area contributed by atoms with Gasteiger partial charge in [-0.2, -0.15) is 0 Å².